The lowest BCUT2D eigenvalue weighted by atomic mass is 10.1. The Hall–Kier alpha value is -2.25. The second-order valence-corrected chi connectivity index (χ2v) is 7.01. The molecular weight excluding hydrogens is 308 g/mol. The van der Waals surface area contributed by atoms with Crippen molar-refractivity contribution in [2.75, 3.05) is 26.7 Å². The summed E-state index contributed by atoms with van der Waals surface area (Å²) in [6.07, 6.45) is 3.58. The Bertz CT molecular complexity index is 584. The highest BCUT2D eigenvalue weighted by molar-refractivity contribution is 5.80. The molecule has 0 spiro atoms. The molecule has 1 aromatic heterocycles. The molecular formula is C16H28N6O2. The fourth-order valence-corrected chi connectivity index (χ4v) is 2.31. The number of aliphatic imine (C=N–C) groups is 1. The molecule has 1 aromatic rings. The molecule has 0 aromatic carbocycles. The lowest BCUT2D eigenvalue weighted by molar-refractivity contribution is 0.00701. The molecule has 1 fully saturated rings. The van der Waals surface area contributed by atoms with Gasteiger partial charge in [-0.1, -0.05) is 0 Å². The molecule has 0 atom stereocenters. The number of nitrogens with zero attached hydrogens (tertiary/aromatic N) is 4. The van der Waals surface area contributed by atoms with E-state index in [0.29, 0.717) is 13.1 Å². The zero-order valence-corrected chi connectivity index (χ0v) is 15.2. The summed E-state index contributed by atoms with van der Waals surface area (Å²) < 4.78 is 7.23. The van der Waals surface area contributed by atoms with Gasteiger partial charge in [-0.2, -0.15) is 5.10 Å². The van der Waals surface area contributed by atoms with E-state index in [1.165, 1.54) is 0 Å². The second kappa shape index (κ2) is 7.55. The molecule has 1 aliphatic heterocycles. The predicted molar refractivity (Wildman–Crippen MR) is 93.1 cm³/mol. The average Bonchev–Trinajstić information content (AvgIpc) is 2.83. The van der Waals surface area contributed by atoms with Crippen molar-refractivity contribution in [3.05, 3.63) is 18.0 Å². The fraction of sp³-hybridized carbons (Fsp3) is 0.688. The van der Waals surface area contributed by atoms with Crippen LogP contribution in [0, 0.1) is 6.92 Å². The summed E-state index contributed by atoms with van der Waals surface area (Å²) in [5, 5.41) is 10.8. The minimum Gasteiger partial charge on any atom is -0.444 e. The van der Waals surface area contributed by atoms with E-state index in [4.69, 9.17) is 4.74 Å². The van der Waals surface area contributed by atoms with Gasteiger partial charge >= 0.3 is 6.09 Å². The number of amides is 1. The van der Waals surface area contributed by atoms with Gasteiger partial charge in [0.2, 0.25) is 0 Å². The molecule has 134 valence electrons. The molecule has 8 heteroatoms. The van der Waals surface area contributed by atoms with Crippen LogP contribution in [0.4, 0.5) is 4.79 Å². The quantitative estimate of drug-likeness (QED) is 0.632. The van der Waals surface area contributed by atoms with Gasteiger partial charge in [-0.05, 0) is 33.3 Å². The third-order valence-electron chi connectivity index (χ3n) is 3.49. The number of rotatable bonds is 4. The summed E-state index contributed by atoms with van der Waals surface area (Å²) in [7, 11) is 1.73. The van der Waals surface area contributed by atoms with Gasteiger partial charge in [0.25, 0.3) is 0 Å². The highest BCUT2D eigenvalue weighted by Gasteiger charge is 2.34. The van der Waals surface area contributed by atoms with Gasteiger partial charge in [0.05, 0.1) is 18.8 Å². The molecule has 1 aliphatic rings. The van der Waals surface area contributed by atoms with E-state index in [0.717, 1.165) is 24.6 Å². The van der Waals surface area contributed by atoms with E-state index < -0.39 is 5.60 Å². The molecule has 2 N–H and O–H groups in total. The van der Waals surface area contributed by atoms with E-state index >= 15 is 0 Å². The standard InChI is InChI=1S/C16H28N6O2/c1-12-8-19-22(9-12)7-6-18-14(17-5)20-13-10-21(11-13)15(23)24-16(2,3)4/h8-9,13H,6-7,10-11H2,1-5H3,(H2,17,18,20). The van der Waals surface area contributed by atoms with Crippen molar-refractivity contribution in [2.45, 2.75) is 45.9 Å². The van der Waals surface area contributed by atoms with Crippen LogP contribution >= 0.6 is 0 Å². The first-order chi connectivity index (χ1) is 11.3. The molecule has 1 amide bonds. The lowest BCUT2D eigenvalue weighted by Gasteiger charge is -2.40. The summed E-state index contributed by atoms with van der Waals surface area (Å²) >= 11 is 0. The van der Waals surface area contributed by atoms with Crippen molar-refractivity contribution in [3.63, 3.8) is 0 Å². The van der Waals surface area contributed by atoms with Crippen LogP contribution in [-0.2, 0) is 11.3 Å². The number of carbonyl (C=O) groups is 1. The van der Waals surface area contributed by atoms with Crippen LogP contribution in [0.25, 0.3) is 0 Å². The van der Waals surface area contributed by atoms with Gasteiger partial charge in [0, 0.05) is 32.9 Å². The lowest BCUT2D eigenvalue weighted by Crippen LogP contribution is -2.63. The van der Waals surface area contributed by atoms with E-state index in [1.54, 1.807) is 11.9 Å². The topological polar surface area (TPSA) is 83.8 Å². The molecule has 24 heavy (non-hydrogen) atoms. The number of aryl methyl sites for hydroxylation is 1. The van der Waals surface area contributed by atoms with E-state index in [2.05, 4.69) is 20.7 Å². The van der Waals surface area contributed by atoms with Crippen LogP contribution in [0.3, 0.4) is 0 Å². The molecule has 0 bridgehead atoms. The highest BCUT2D eigenvalue weighted by Crippen LogP contribution is 2.15. The summed E-state index contributed by atoms with van der Waals surface area (Å²) in [6, 6.07) is 0.190. The van der Waals surface area contributed by atoms with Gasteiger partial charge in [-0.3, -0.25) is 9.67 Å². The Kier molecular flexibility index (Phi) is 5.69. The number of hydrogen-bond acceptors (Lipinski definition) is 4. The first-order valence-electron chi connectivity index (χ1n) is 8.21. The zero-order chi connectivity index (χ0) is 17.7. The summed E-state index contributed by atoms with van der Waals surface area (Å²) in [5.74, 6) is 0.729. The minimum absolute atomic E-state index is 0.190. The third-order valence-corrected chi connectivity index (χ3v) is 3.49. The van der Waals surface area contributed by atoms with Gasteiger partial charge in [0.1, 0.15) is 5.60 Å². The maximum atomic E-state index is 11.9. The summed E-state index contributed by atoms with van der Waals surface area (Å²) in [5.41, 5.74) is 0.687. The van der Waals surface area contributed by atoms with Gasteiger partial charge in [0.15, 0.2) is 5.96 Å². The van der Waals surface area contributed by atoms with E-state index in [-0.39, 0.29) is 12.1 Å². The fourth-order valence-electron chi connectivity index (χ4n) is 2.31. The number of hydrogen-bond donors (Lipinski definition) is 2. The van der Waals surface area contributed by atoms with E-state index in [9.17, 15) is 4.79 Å². The predicted octanol–water partition coefficient (Wildman–Crippen LogP) is 0.976. The smallest absolute Gasteiger partial charge is 0.410 e. The van der Waals surface area contributed by atoms with Gasteiger partial charge in [-0.25, -0.2) is 4.79 Å². The Balaban J connectivity index is 1.67. The van der Waals surface area contributed by atoms with E-state index in [1.807, 2.05) is 44.8 Å². The first kappa shape index (κ1) is 18.1. The Morgan fingerprint density at radius 1 is 1.46 bits per heavy atom. The summed E-state index contributed by atoms with van der Waals surface area (Å²) in [6.45, 7) is 10.4. The molecule has 0 radical (unpaired) electrons. The number of carbonyl (C=O) groups excluding carboxylic acids is 1. The van der Waals surface area contributed by atoms with Crippen LogP contribution in [0.1, 0.15) is 26.3 Å². The zero-order valence-electron chi connectivity index (χ0n) is 15.2. The Labute approximate surface area is 143 Å². The van der Waals surface area contributed by atoms with Crippen molar-refractivity contribution >= 4 is 12.1 Å². The maximum absolute atomic E-state index is 11.9. The van der Waals surface area contributed by atoms with Crippen LogP contribution in [0.5, 0.6) is 0 Å². The number of nitrogens with one attached hydrogen (secondary N) is 2. The van der Waals surface area contributed by atoms with Gasteiger partial charge in [-0.15, -0.1) is 0 Å². The molecule has 0 saturated carbocycles. The minimum atomic E-state index is -0.460. The van der Waals surface area contributed by atoms with Crippen LogP contribution in [-0.4, -0.2) is 65.1 Å². The Morgan fingerprint density at radius 3 is 2.71 bits per heavy atom. The average molecular weight is 336 g/mol. The molecule has 2 heterocycles. The number of guanidine groups is 1. The number of ether oxygens (including phenoxy) is 1. The van der Waals surface area contributed by atoms with Crippen molar-refractivity contribution in [3.8, 4) is 0 Å². The van der Waals surface area contributed by atoms with Crippen LogP contribution in [0.2, 0.25) is 0 Å². The van der Waals surface area contributed by atoms with Gasteiger partial charge < -0.3 is 20.3 Å². The Morgan fingerprint density at radius 2 is 2.17 bits per heavy atom. The van der Waals surface area contributed by atoms with Crippen molar-refractivity contribution < 1.29 is 9.53 Å². The SMILES string of the molecule is CN=C(NCCn1cc(C)cn1)NC1CN(C(=O)OC(C)(C)C)C1. The normalized spacial score (nSPS) is 15.9. The second-order valence-electron chi connectivity index (χ2n) is 7.01. The van der Waals surface area contributed by atoms with Crippen LogP contribution in [0.15, 0.2) is 17.4 Å². The molecule has 0 unspecified atom stereocenters. The monoisotopic (exact) mass is 336 g/mol. The number of aromatic nitrogens is 2. The first-order valence-corrected chi connectivity index (χ1v) is 8.21. The molecule has 0 aliphatic carbocycles. The van der Waals surface area contributed by atoms with Crippen molar-refractivity contribution in [2.24, 2.45) is 4.99 Å². The maximum Gasteiger partial charge on any atom is 0.410 e. The largest absolute Gasteiger partial charge is 0.444 e. The molecule has 8 nitrogen and oxygen atoms in total. The van der Waals surface area contributed by atoms with Crippen molar-refractivity contribution in [1.29, 1.82) is 0 Å². The van der Waals surface area contributed by atoms with Crippen LogP contribution < -0.4 is 10.6 Å². The summed E-state index contributed by atoms with van der Waals surface area (Å²) in [4.78, 5) is 17.8. The molecule has 1 saturated heterocycles. The van der Waals surface area contributed by atoms with Crippen molar-refractivity contribution in [1.82, 2.24) is 25.3 Å². The molecule has 2 rings (SSSR count). The third kappa shape index (κ3) is 5.43. The highest BCUT2D eigenvalue weighted by atomic mass is 16.6. The number of likely N-dealkylation sites (tertiary alicyclic amines) is 1.